The van der Waals surface area contributed by atoms with E-state index in [0.717, 1.165) is 10.6 Å². The first-order valence-corrected chi connectivity index (χ1v) is 4.93. The van der Waals surface area contributed by atoms with E-state index in [0.29, 0.717) is 12.2 Å². The van der Waals surface area contributed by atoms with Crippen molar-refractivity contribution in [2.75, 3.05) is 11.5 Å². The van der Waals surface area contributed by atoms with Crippen LogP contribution in [0.15, 0.2) is 29.2 Å². The second-order valence-corrected chi connectivity index (χ2v) is 3.81. The van der Waals surface area contributed by atoms with Gasteiger partial charge in [0.1, 0.15) is 0 Å². The van der Waals surface area contributed by atoms with Crippen LogP contribution in [0.25, 0.3) is 0 Å². The Hall–Kier alpha value is -1.16. The fraction of sp³-hybridized carbons (Fsp3) is 0.222. The smallest absolute Gasteiger partial charge is 0.218 e. The molecule has 1 amide bonds. The summed E-state index contributed by atoms with van der Waals surface area (Å²) < 4.78 is 0. The molecule has 0 aliphatic carbocycles. The van der Waals surface area contributed by atoms with Crippen molar-refractivity contribution in [1.29, 1.82) is 0 Å². The lowest BCUT2D eigenvalue weighted by Crippen LogP contribution is -2.10. The number of primary amides is 1. The van der Waals surface area contributed by atoms with Gasteiger partial charge in [-0.1, -0.05) is 6.07 Å². The Morgan fingerprint density at radius 1 is 1.46 bits per heavy atom. The molecule has 1 aromatic rings. The molecule has 13 heavy (non-hydrogen) atoms. The highest BCUT2D eigenvalue weighted by Crippen LogP contribution is 2.20. The lowest BCUT2D eigenvalue weighted by Gasteiger charge is -2.00. The maximum Gasteiger partial charge on any atom is 0.218 e. The molecule has 0 fully saturated rings. The summed E-state index contributed by atoms with van der Waals surface area (Å²) in [6.45, 7) is 0. The molecule has 0 heterocycles. The van der Waals surface area contributed by atoms with Gasteiger partial charge in [0, 0.05) is 22.8 Å². The lowest BCUT2D eigenvalue weighted by atomic mass is 10.3. The normalized spacial score (nSPS) is 9.85. The number of nitrogen functional groups attached to an aromatic ring is 1. The Kier molecular flexibility index (Phi) is 3.64. The Bertz CT molecular complexity index is 301. The molecule has 1 aromatic carbocycles. The molecule has 0 saturated heterocycles. The monoisotopic (exact) mass is 196 g/mol. The summed E-state index contributed by atoms with van der Waals surface area (Å²) in [6.07, 6.45) is 0.402. The number of hydrogen-bond donors (Lipinski definition) is 2. The topological polar surface area (TPSA) is 69.1 Å². The van der Waals surface area contributed by atoms with Gasteiger partial charge in [-0.2, -0.15) is 0 Å². The number of thioether (sulfide) groups is 1. The second-order valence-electron chi connectivity index (χ2n) is 2.64. The van der Waals surface area contributed by atoms with Crippen molar-refractivity contribution in [2.24, 2.45) is 5.73 Å². The molecule has 0 aliphatic heterocycles. The predicted octanol–water partition coefficient (Wildman–Crippen LogP) is 1.24. The Morgan fingerprint density at radius 3 is 2.85 bits per heavy atom. The van der Waals surface area contributed by atoms with E-state index in [1.54, 1.807) is 11.8 Å². The predicted molar refractivity (Wildman–Crippen MR) is 55.4 cm³/mol. The van der Waals surface area contributed by atoms with Crippen LogP contribution in [0.3, 0.4) is 0 Å². The first kappa shape index (κ1) is 9.92. The first-order valence-electron chi connectivity index (χ1n) is 3.95. The van der Waals surface area contributed by atoms with Crippen LogP contribution in [-0.4, -0.2) is 11.7 Å². The van der Waals surface area contributed by atoms with Gasteiger partial charge in [-0.25, -0.2) is 0 Å². The summed E-state index contributed by atoms with van der Waals surface area (Å²) >= 11 is 1.58. The van der Waals surface area contributed by atoms with E-state index >= 15 is 0 Å². The molecule has 0 aromatic heterocycles. The van der Waals surface area contributed by atoms with E-state index in [2.05, 4.69) is 0 Å². The maximum atomic E-state index is 10.4. The van der Waals surface area contributed by atoms with Crippen LogP contribution >= 0.6 is 11.8 Å². The molecule has 3 nitrogen and oxygen atoms in total. The molecule has 0 bridgehead atoms. The first-order chi connectivity index (χ1) is 6.18. The fourth-order valence-corrected chi connectivity index (χ4v) is 1.81. The van der Waals surface area contributed by atoms with Crippen molar-refractivity contribution in [1.82, 2.24) is 0 Å². The van der Waals surface area contributed by atoms with Crippen LogP contribution in [-0.2, 0) is 4.79 Å². The average molecular weight is 196 g/mol. The summed E-state index contributed by atoms with van der Waals surface area (Å²) in [5.74, 6) is 0.440. The van der Waals surface area contributed by atoms with Crippen LogP contribution in [0.4, 0.5) is 5.69 Å². The van der Waals surface area contributed by atoms with Crippen molar-refractivity contribution in [2.45, 2.75) is 11.3 Å². The molecule has 0 unspecified atom stereocenters. The highest BCUT2D eigenvalue weighted by Gasteiger charge is 1.97. The molecule has 0 saturated carbocycles. The molecule has 0 radical (unpaired) electrons. The van der Waals surface area contributed by atoms with E-state index in [-0.39, 0.29) is 5.91 Å². The maximum absolute atomic E-state index is 10.4. The minimum Gasteiger partial charge on any atom is -0.399 e. The fourth-order valence-electron chi connectivity index (χ4n) is 0.874. The van der Waals surface area contributed by atoms with E-state index in [1.807, 2.05) is 24.3 Å². The number of benzene rings is 1. The summed E-state index contributed by atoms with van der Waals surface area (Å²) in [5, 5.41) is 0. The van der Waals surface area contributed by atoms with Gasteiger partial charge in [0.15, 0.2) is 0 Å². The number of nitrogens with two attached hydrogens (primary N) is 2. The molecule has 0 spiro atoms. The molecule has 4 N–H and O–H groups in total. The number of anilines is 1. The van der Waals surface area contributed by atoms with Crippen LogP contribution in [0.1, 0.15) is 6.42 Å². The quantitative estimate of drug-likeness (QED) is 0.562. The van der Waals surface area contributed by atoms with E-state index in [4.69, 9.17) is 11.5 Å². The molecule has 0 atom stereocenters. The van der Waals surface area contributed by atoms with Gasteiger partial charge in [-0.3, -0.25) is 4.79 Å². The molecule has 0 aliphatic rings. The minimum atomic E-state index is -0.267. The van der Waals surface area contributed by atoms with Crippen LogP contribution in [0.5, 0.6) is 0 Å². The molecular weight excluding hydrogens is 184 g/mol. The van der Waals surface area contributed by atoms with Gasteiger partial charge in [0.05, 0.1) is 0 Å². The summed E-state index contributed by atoms with van der Waals surface area (Å²) in [4.78, 5) is 11.5. The zero-order valence-corrected chi connectivity index (χ0v) is 8.01. The third-order valence-corrected chi connectivity index (χ3v) is 2.47. The number of rotatable bonds is 4. The van der Waals surface area contributed by atoms with Gasteiger partial charge in [0.2, 0.25) is 5.91 Å². The van der Waals surface area contributed by atoms with Gasteiger partial charge in [-0.05, 0) is 18.2 Å². The standard InChI is InChI=1S/C9H12N2OS/c10-7-2-1-3-8(6-7)13-5-4-9(11)12/h1-3,6H,4-5,10H2,(H2,11,12). The Morgan fingerprint density at radius 2 is 2.23 bits per heavy atom. The van der Waals surface area contributed by atoms with Crippen molar-refractivity contribution in [3.05, 3.63) is 24.3 Å². The average Bonchev–Trinajstić information content (AvgIpc) is 2.03. The van der Waals surface area contributed by atoms with Gasteiger partial charge >= 0.3 is 0 Å². The van der Waals surface area contributed by atoms with E-state index < -0.39 is 0 Å². The van der Waals surface area contributed by atoms with Crippen molar-refractivity contribution in [3.63, 3.8) is 0 Å². The molecule has 4 heteroatoms. The zero-order valence-electron chi connectivity index (χ0n) is 7.19. The number of hydrogen-bond acceptors (Lipinski definition) is 3. The van der Waals surface area contributed by atoms with Crippen LogP contribution in [0, 0.1) is 0 Å². The molecular formula is C9H12N2OS. The highest BCUT2D eigenvalue weighted by atomic mass is 32.2. The van der Waals surface area contributed by atoms with E-state index in [9.17, 15) is 4.79 Å². The number of carbonyl (C=O) groups excluding carboxylic acids is 1. The highest BCUT2D eigenvalue weighted by molar-refractivity contribution is 7.99. The van der Waals surface area contributed by atoms with Gasteiger partial charge in [-0.15, -0.1) is 11.8 Å². The molecule has 1 rings (SSSR count). The number of amides is 1. The SMILES string of the molecule is NC(=O)CCSc1cccc(N)c1. The summed E-state index contributed by atoms with van der Waals surface area (Å²) in [5.41, 5.74) is 11.3. The van der Waals surface area contributed by atoms with Gasteiger partial charge in [0.25, 0.3) is 0 Å². The second kappa shape index (κ2) is 4.77. The van der Waals surface area contributed by atoms with Crippen molar-refractivity contribution >= 4 is 23.4 Å². The number of carbonyl (C=O) groups is 1. The third kappa shape index (κ3) is 3.85. The third-order valence-electron chi connectivity index (χ3n) is 1.48. The van der Waals surface area contributed by atoms with E-state index in [1.165, 1.54) is 0 Å². The van der Waals surface area contributed by atoms with Crippen LogP contribution in [0.2, 0.25) is 0 Å². The Labute approximate surface area is 81.5 Å². The largest absolute Gasteiger partial charge is 0.399 e. The van der Waals surface area contributed by atoms with Crippen molar-refractivity contribution < 1.29 is 4.79 Å². The zero-order chi connectivity index (χ0) is 9.68. The Balaban J connectivity index is 2.41. The van der Waals surface area contributed by atoms with Crippen molar-refractivity contribution in [3.8, 4) is 0 Å². The summed E-state index contributed by atoms with van der Waals surface area (Å²) in [6, 6.07) is 7.56. The van der Waals surface area contributed by atoms with Crippen LogP contribution < -0.4 is 11.5 Å². The molecule has 70 valence electrons. The van der Waals surface area contributed by atoms with Gasteiger partial charge < -0.3 is 11.5 Å². The summed E-state index contributed by atoms with van der Waals surface area (Å²) in [7, 11) is 0. The minimum absolute atomic E-state index is 0.267. The lowest BCUT2D eigenvalue weighted by molar-refractivity contribution is -0.117.